The molecular formula is C13H14N2OS. The zero-order valence-corrected chi connectivity index (χ0v) is 10.2. The second-order valence-corrected chi connectivity index (χ2v) is 3.95. The SMILES string of the molecule is C=CCOCc1ccccc1-n1cc[nH]c1=S. The average Bonchev–Trinajstić information content (AvgIpc) is 2.76. The Labute approximate surface area is 105 Å². The van der Waals surface area contributed by atoms with Crippen LogP contribution < -0.4 is 0 Å². The number of rotatable bonds is 5. The number of imidazole rings is 1. The monoisotopic (exact) mass is 246 g/mol. The van der Waals surface area contributed by atoms with Gasteiger partial charge in [-0.15, -0.1) is 6.58 Å². The summed E-state index contributed by atoms with van der Waals surface area (Å²) in [7, 11) is 0. The summed E-state index contributed by atoms with van der Waals surface area (Å²) in [5.74, 6) is 0. The molecule has 1 aromatic carbocycles. The summed E-state index contributed by atoms with van der Waals surface area (Å²) in [6.45, 7) is 4.73. The largest absolute Gasteiger partial charge is 0.373 e. The van der Waals surface area contributed by atoms with E-state index >= 15 is 0 Å². The molecule has 2 aromatic rings. The van der Waals surface area contributed by atoms with Crippen LogP contribution in [0.1, 0.15) is 5.56 Å². The molecule has 1 N–H and O–H groups in total. The van der Waals surface area contributed by atoms with Crippen molar-refractivity contribution in [1.82, 2.24) is 9.55 Å². The van der Waals surface area contributed by atoms with Gasteiger partial charge in [-0.1, -0.05) is 24.3 Å². The first-order valence-corrected chi connectivity index (χ1v) is 5.76. The standard InChI is InChI=1S/C13H14N2OS/c1-2-9-16-10-11-5-3-4-6-12(11)15-8-7-14-13(15)17/h2-8H,1,9-10H2,(H,14,17). The highest BCUT2D eigenvalue weighted by Gasteiger charge is 2.04. The molecule has 88 valence electrons. The van der Waals surface area contributed by atoms with Gasteiger partial charge in [0.05, 0.1) is 18.9 Å². The van der Waals surface area contributed by atoms with Crippen LogP contribution in [0, 0.1) is 4.77 Å². The normalized spacial score (nSPS) is 10.4. The molecule has 0 fully saturated rings. The Balaban J connectivity index is 2.31. The number of nitrogens with one attached hydrogen (secondary N) is 1. The third-order valence-electron chi connectivity index (χ3n) is 2.39. The minimum absolute atomic E-state index is 0.548. The number of nitrogens with zero attached hydrogens (tertiary/aromatic N) is 1. The fraction of sp³-hybridized carbons (Fsp3) is 0.154. The van der Waals surface area contributed by atoms with Gasteiger partial charge in [-0.3, -0.25) is 4.57 Å². The molecule has 0 aliphatic carbocycles. The average molecular weight is 246 g/mol. The van der Waals surface area contributed by atoms with Crippen LogP contribution in [0.2, 0.25) is 0 Å². The lowest BCUT2D eigenvalue weighted by Gasteiger charge is -2.09. The number of H-pyrrole nitrogens is 1. The van der Waals surface area contributed by atoms with Crippen molar-refractivity contribution < 1.29 is 4.74 Å². The van der Waals surface area contributed by atoms with E-state index in [9.17, 15) is 0 Å². The van der Waals surface area contributed by atoms with Crippen molar-refractivity contribution in [2.45, 2.75) is 6.61 Å². The second-order valence-electron chi connectivity index (χ2n) is 3.57. The molecule has 17 heavy (non-hydrogen) atoms. The van der Waals surface area contributed by atoms with Crippen molar-refractivity contribution in [3.63, 3.8) is 0 Å². The van der Waals surface area contributed by atoms with Crippen molar-refractivity contribution in [1.29, 1.82) is 0 Å². The molecule has 0 saturated carbocycles. The van der Waals surface area contributed by atoms with Crippen LogP contribution in [0.5, 0.6) is 0 Å². The summed E-state index contributed by atoms with van der Waals surface area (Å²) >= 11 is 5.21. The Morgan fingerprint density at radius 3 is 2.94 bits per heavy atom. The predicted molar refractivity (Wildman–Crippen MR) is 70.8 cm³/mol. The van der Waals surface area contributed by atoms with Crippen LogP contribution in [0.4, 0.5) is 0 Å². The highest BCUT2D eigenvalue weighted by Crippen LogP contribution is 2.15. The van der Waals surface area contributed by atoms with Crippen LogP contribution in [0.15, 0.2) is 49.3 Å². The molecule has 4 heteroatoms. The first kappa shape index (κ1) is 11.8. The Morgan fingerprint density at radius 2 is 2.24 bits per heavy atom. The predicted octanol–water partition coefficient (Wildman–Crippen LogP) is 3.24. The first-order chi connectivity index (χ1) is 8.33. The molecule has 0 bridgehead atoms. The lowest BCUT2D eigenvalue weighted by Crippen LogP contribution is -2.01. The van der Waals surface area contributed by atoms with Crippen molar-refractivity contribution >= 4 is 12.2 Å². The quantitative estimate of drug-likeness (QED) is 0.498. The minimum atomic E-state index is 0.548. The zero-order valence-electron chi connectivity index (χ0n) is 9.43. The maximum atomic E-state index is 5.47. The summed E-state index contributed by atoms with van der Waals surface area (Å²) in [6, 6.07) is 8.04. The van der Waals surface area contributed by atoms with E-state index in [1.165, 1.54) is 0 Å². The number of hydrogen-bond donors (Lipinski definition) is 1. The van der Waals surface area contributed by atoms with Crippen LogP contribution in [-0.4, -0.2) is 16.2 Å². The smallest absolute Gasteiger partial charge is 0.181 e. The molecule has 0 radical (unpaired) electrons. The molecule has 0 aliphatic heterocycles. The summed E-state index contributed by atoms with van der Waals surface area (Å²) in [4.78, 5) is 2.98. The summed E-state index contributed by atoms with van der Waals surface area (Å²) < 4.78 is 8.09. The first-order valence-electron chi connectivity index (χ1n) is 5.36. The number of aromatic nitrogens is 2. The number of ether oxygens (including phenoxy) is 1. The molecule has 1 heterocycles. The molecule has 1 aromatic heterocycles. The van der Waals surface area contributed by atoms with E-state index in [2.05, 4.69) is 11.6 Å². The second kappa shape index (κ2) is 5.61. The Hall–Kier alpha value is -1.65. The van der Waals surface area contributed by atoms with Crippen LogP contribution in [0.3, 0.4) is 0 Å². The lowest BCUT2D eigenvalue weighted by atomic mass is 10.2. The Kier molecular flexibility index (Phi) is 3.90. The topological polar surface area (TPSA) is 29.9 Å². The highest BCUT2D eigenvalue weighted by molar-refractivity contribution is 7.71. The van der Waals surface area contributed by atoms with E-state index in [1.807, 2.05) is 41.2 Å². The van der Waals surface area contributed by atoms with Gasteiger partial charge in [0.1, 0.15) is 0 Å². The zero-order chi connectivity index (χ0) is 12.1. The van der Waals surface area contributed by atoms with Crippen LogP contribution in [0.25, 0.3) is 5.69 Å². The third-order valence-corrected chi connectivity index (χ3v) is 2.71. The van der Waals surface area contributed by atoms with Gasteiger partial charge in [-0.2, -0.15) is 0 Å². The number of aromatic amines is 1. The Morgan fingerprint density at radius 1 is 1.41 bits per heavy atom. The van der Waals surface area contributed by atoms with Gasteiger partial charge in [0, 0.05) is 18.0 Å². The molecule has 2 rings (SSSR count). The number of para-hydroxylation sites is 1. The van der Waals surface area contributed by atoms with Gasteiger partial charge in [-0.25, -0.2) is 0 Å². The third kappa shape index (κ3) is 2.72. The molecule has 0 spiro atoms. The maximum absolute atomic E-state index is 5.47. The summed E-state index contributed by atoms with van der Waals surface area (Å²) in [6.07, 6.45) is 5.48. The van der Waals surface area contributed by atoms with Crippen molar-refractivity contribution in [3.05, 3.63) is 59.6 Å². The van der Waals surface area contributed by atoms with E-state index in [4.69, 9.17) is 17.0 Å². The molecule has 0 unspecified atom stereocenters. The lowest BCUT2D eigenvalue weighted by molar-refractivity contribution is 0.149. The number of hydrogen-bond acceptors (Lipinski definition) is 2. The Bertz CT molecular complexity index is 556. The van der Waals surface area contributed by atoms with Gasteiger partial charge in [-0.05, 0) is 18.3 Å². The van der Waals surface area contributed by atoms with Crippen LogP contribution in [-0.2, 0) is 11.3 Å². The maximum Gasteiger partial charge on any atom is 0.181 e. The summed E-state index contributed by atoms with van der Waals surface area (Å²) in [5.41, 5.74) is 2.15. The van der Waals surface area contributed by atoms with Crippen molar-refractivity contribution in [3.8, 4) is 5.69 Å². The van der Waals surface area contributed by atoms with Crippen LogP contribution >= 0.6 is 12.2 Å². The minimum Gasteiger partial charge on any atom is -0.373 e. The number of benzene rings is 1. The van der Waals surface area contributed by atoms with E-state index in [0.717, 1.165) is 11.3 Å². The highest BCUT2D eigenvalue weighted by atomic mass is 32.1. The van der Waals surface area contributed by atoms with E-state index in [-0.39, 0.29) is 0 Å². The molecule has 0 amide bonds. The fourth-order valence-corrected chi connectivity index (χ4v) is 1.86. The van der Waals surface area contributed by atoms with Gasteiger partial charge in [0.25, 0.3) is 0 Å². The van der Waals surface area contributed by atoms with Gasteiger partial charge in [0.2, 0.25) is 0 Å². The molecule has 0 saturated heterocycles. The molecule has 0 atom stereocenters. The van der Waals surface area contributed by atoms with Gasteiger partial charge < -0.3 is 9.72 Å². The van der Waals surface area contributed by atoms with E-state index in [1.54, 1.807) is 6.08 Å². The molecule has 0 aliphatic rings. The van der Waals surface area contributed by atoms with Crippen molar-refractivity contribution in [2.24, 2.45) is 0 Å². The van der Waals surface area contributed by atoms with Gasteiger partial charge in [0.15, 0.2) is 4.77 Å². The summed E-state index contributed by atoms with van der Waals surface area (Å²) in [5, 5.41) is 0. The molecule has 3 nitrogen and oxygen atoms in total. The van der Waals surface area contributed by atoms with Gasteiger partial charge >= 0.3 is 0 Å². The van der Waals surface area contributed by atoms with E-state index < -0.39 is 0 Å². The van der Waals surface area contributed by atoms with E-state index in [0.29, 0.717) is 18.0 Å². The van der Waals surface area contributed by atoms with Crippen molar-refractivity contribution in [2.75, 3.05) is 6.61 Å². The fourth-order valence-electron chi connectivity index (χ4n) is 1.63. The molecular weight excluding hydrogens is 232 g/mol.